The second-order valence-corrected chi connectivity index (χ2v) is 8.27. The van der Waals surface area contributed by atoms with E-state index >= 15 is 0 Å². The van der Waals surface area contributed by atoms with Crippen molar-refractivity contribution < 1.29 is 32.6 Å². The zero-order valence-corrected chi connectivity index (χ0v) is 20.1. The molecule has 3 rings (SSSR count). The summed E-state index contributed by atoms with van der Waals surface area (Å²) in [6, 6.07) is 11.2. The van der Waals surface area contributed by atoms with Gasteiger partial charge in [-0.25, -0.2) is 4.79 Å². The molecule has 0 aliphatic heterocycles. The summed E-state index contributed by atoms with van der Waals surface area (Å²) in [5.41, 5.74) is 0.229. The lowest BCUT2D eigenvalue weighted by atomic mass is 9.97. The van der Waals surface area contributed by atoms with Crippen LogP contribution >= 0.6 is 0 Å². The van der Waals surface area contributed by atoms with Crippen LogP contribution in [0, 0.1) is 0 Å². The molecule has 3 N–H and O–H groups in total. The molecule has 1 atom stereocenters. The van der Waals surface area contributed by atoms with Gasteiger partial charge in [-0.3, -0.25) is 9.59 Å². The number of esters is 1. The molecule has 0 fully saturated rings. The number of ether oxygens (including phenoxy) is 1. The van der Waals surface area contributed by atoms with Crippen molar-refractivity contribution >= 4 is 17.7 Å². The van der Waals surface area contributed by atoms with Crippen LogP contribution in [0.3, 0.4) is 0 Å². The van der Waals surface area contributed by atoms with Crippen molar-refractivity contribution in [2.75, 3.05) is 11.9 Å². The molecular weight excluding hydrogens is 491 g/mol. The molecule has 0 radical (unpaired) electrons. The number of hydrogen-bond donors (Lipinski definition) is 3. The third-order valence-corrected chi connectivity index (χ3v) is 5.51. The highest BCUT2D eigenvalue weighted by Gasteiger charge is 2.30. The summed E-state index contributed by atoms with van der Waals surface area (Å²) in [7, 11) is 1.45. The fraction of sp³-hybridized carbons (Fsp3) is 0.269. The van der Waals surface area contributed by atoms with E-state index in [4.69, 9.17) is 4.74 Å². The van der Waals surface area contributed by atoms with E-state index in [2.05, 4.69) is 10.6 Å². The predicted molar refractivity (Wildman–Crippen MR) is 130 cm³/mol. The largest absolute Gasteiger partial charge is 0.505 e. The Labute approximate surface area is 210 Å². The third kappa shape index (κ3) is 7.35. The van der Waals surface area contributed by atoms with E-state index in [1.54, 1.807) is 31.2 Å². The van der Waals surface area contributed by atoms with E-state index in [0.29, 0.717) is 17.5 Å². The smallest absolute Gasteiger partial charge is 0.416 e. The van der Waals surface area contributed by atoms with Gasteiger partial charge < -0.3 is 25.0 Å². The van der Waals surface area contributed by atoms with Crippen molar-refractivity contribution in [3.05, 3.63) is 93.4 Å². The average molecular weight is 518 g/mol. The van der Waals surface area contributed by atoms with E-state index in [1.807, 2.05) is 0 Å². The maximum atomic E-state index is 12.8. The Morgan fingerprint density at radius 1 is 1.08 bits per heavy atom. The van der Waals surface area contributed by atoms with Gasteiger partial charge in [0.1, 0.15) is 5.75 Å². The number of carbonyl (C=O) groups is 2. The number of aromatic hydroxyl groups is 1. The van der Waals surface area contributed by atoms with Crippen LogP contribution in [0.2, 0.25) is 0 Å². The zero-order valence-electron chi connectivity index (χ0n) is 20.1. The van der Waals surface area contributed by atoms with Crippen molar-refractivity contribution in [2.24, 2.45) is 7.05 Å². The minimum Gasteiger partial charge on any atom is -0.505 e. The number of rotatable bonds is 8. The maximum absolute atomic E-state index is 12.8. The lowest BCUT2D eigenvalue weighted by Crippen LogP contribution is -2.36. The standard InChI is InChI=1S/C26H26F3N3O5/c1-3-37-22(34)15-20(30-25(36)31-23-21(33)11-12-32(2)24(23)35)18-6-4-5-17(14-18)13-16-7-9-19(10-8-16)26(27,28)29/h4-12,14,20,33H,3,13,15H2,1-2H3,(H2,30,31,36). The first-order valence-corrected chi connectivity index (χ1v) is 11.3. The molecule has 0 bridgehead atoms. The Morgan fingerprint density at radius 3 is 2.43 bits per heavy atom. The number of hydrogen-bond acceptors (Lipinski definition) is 5. The Kier molecular flexibility index (Phi) is 8.59. The number of halogens is 3. The molecule has 3 aromatic rings. The van der Waals surface area contributed by atoms with Crippen molar-refractivity contribution in [1.82, 2.24) is 9.88 Å². The van der Waals surface area contributed by atoms with Crippen LogP contribution in [-0.4, -0.2) is 28.3 Å². The van der Waals surface area contributed by atoms with Crippen molar-refractivity contribution in [3.8, 4) is 5.75 Å². The van der Waals surface area contributed by atoms with Gasteiger partial charge in [0.2, 0.25) is 0 Å². The van der Waals surface area contributed by atoms with Crippen molar-refractivity contribution in [1.29, 1.82) is 0 Å². The summed E-state index contributed by atoms with van der Waals surface area (Å²) < 4.78 is 44.7. The molecule has 0 spiro atoms. The minimum absolute atomic E-state index is 0.139. The van der Waals surface area contributed by atoms with Gasteiger partial charge in [0.05, 0.1) is 24.6 Å². The SMILES string of the molecule is CCOC(=O)CC(NC(=O)Nc1c(O)ccn(C)c1=O)c1cccc(Cc2ccc(C(F)(F)F)cc2)c1. The quantitative estimate of drug-likeness (QED) is 0.381. The number of amides is 2. The Balaban J connectivity index is 1.82. The molecular formula is C26H26F3N3O5. The fourth-order valence-electron chi connectivity index (χ4n) is 3.65. The van der Waals surface area contributed by atoms with Gasteiger partial charge in [-0.2, -0.15) is 13.2 Å². The summed E-state index contributed by atoms with van der Waals surface area (Å²) >= 11 is 0. The number of carbonyl (C=O) groups excluding carboxylic acids is 2. The predicted octanol–water partition coefficient (Wildman–Crippen LogP) is 4.52. The molecule has 8 nitrogen and oxygen atoms in total. The first-order chi connectivity index (χ1) is 17.5. The number of urea groups is 1. The lowest BCUT2D eigenvalue weighted by molar-refractivity contribution is -0.143. The van der Waals surface area contributed by atoms with E-state index in [-0.39, 0.29) is 18.7 Å². The Morgan fingerprint density at radius 2 is 1.78 bits per heavy atom. The number of pyridine rings is 1. The molecule has 196 valence electrons. The van der Waals surface area contributed by atoms with Crippen molar-refractivity contribution in [3.63, 3.8) is 0 Å². The number of aryl methyl sites for hydroxylation is 1. The van der Waals surface area contributed by atoms with Gasteiger partial charge in [0.25, 0.3) is 5.56 Å². The van der Waals surface area contributed by atoms with Crippen LogP contribution < -0.4 is 16.2 Å². The van der Waals surface area contributed by atoms with E-state index in [1.165, 1.54) is 36.0 Å². The van der Waals surface area contributed by atoms with Gasteiger partial charge >= 0.3 is 18.2 Å². The molecule has 0 saturated heterocycles. The normalized spacial score (nSPS) is 12.0. The summed E-state index contributed by atoms with van der Waals surface area (Å²) in [5.74, 6) is -0.988. The molecule has 37 heavy (non-hydrogen) atoms. The highest BCUT2D eigenvalue weighted by molar-refractivity contribution is 5.91. The highest BCUT2D eigenvalue weighted by Crippen LogP contribution is 2.29. The van der Waals surface area contributed by atoms with E-state index < -0.39 is 41.1 Å². The van der Waals surface area contributed by atoms with Gasteiger partial charge in [-0.05, 0) is 48.2 Å². The molecule has 1 heterocycles. The van der Waals surface area contributed by atoms with Crippen LogP contribution in [0.25, 0.3) is 0 Å². The molecule has 0 aliphatic carbocycles. The summed E-state index contributed by atoms with van der Waals surface area (Å²) in [5, 5.41) is 14.9. The molecule has 1 unspecified atom stereocenters. The molecule has 1 aromatic heterocycles. The molecule has 0 saturated carbocycles. The number of nitrogens with one attached hydrogen (secondary N) is 2. The van der Waals surface area contributed by atoms with E-state index in [9.17, 15) is 32.7 Å². The molecule has 11 heteroatoms. The number of benzene rings is 2. The minimum atomic E-state index is -4.42. The molecule has 2 amide bonds. The highest BCUT2D eigenvalue weighted by atomic mass is 19.4. The number of nitrogens with zero attached hydrogens (tertiary/aromatic N) is 1. The van der Waals surface area contributed by atoms with Crippen LogP contribution in [0.5, 0.6) is 5.75 Å². The Hall–Kier alpha value is -4.28. The van der Waals surface area contributed by atoms with Gasteiger partial charge in [-0.1, -0.05) is 36.4 Å². The van der Waals surface area contributed by atoms with Crippen LogP contribution in [0.15, 0.2) is 65.6 Å². The first-order valence-electron chi connectivity index (χ1n) is 11.3. The average Bonchev–Trinajstić information content (AvgIpc) is 2.84. The van der Waals surface area contributed by atoms with E-state index in [0.717, 1.165) is 17.7 Å². The second kappa shape index (κ2) is 11.6. The summed E-state index contributed by atoms with van der Waals surface area (Å²) in [4.78, 5) is 37.2. The lowest BCUT2D eigenvalue weighted by Gasteiger charge is -2.20. The fourth-order valence-corrected chi connectivity index (χ4v) is 3.65. The van der Waals surface area contributed by atoms with Gasteiger partial charge in [-0.15, -0.1) is 0 Å². The van der Waals surface area contributed by atoms with Crippen LogP contribution in [0.4, 0.5) is 23.7 Å². The monoisotopic (exact) mass is 517 g/mol. The van der Waals surface area contributed by atoms with Gasteiger partial charge in [0.15, 0.2) is 5.69 Å². The van der Waals surface area contributed by atoms with Crippen LogP contribution in [0.1, 0.15) is 41.6 Å². The van der Waals surface area contributed by atoms with Crippen molar-refractivity contribution in [2.45, 2.75) is 32.0 Å². The summed E-state index contributed by atoms with van der Waals surface area (Å²) in [6.07, 6.45) is -2.99. The Bertz CT molecular complexity index is 1320. The van der Waals surface area contributed by atoms with Crippen LogP contribution in [-0.2, 0) is 29.2 Å². The maximum Gasteiger partial charge on any atom is 0.416 e. The third-order valence-electron chi connectivity index (χ3n) is 5.51. The van der Waals surface area contributed by atoms with Gasteiger partial charge in [0, 0.05) is 13.2 Å². The second-order valence-electron chi connectivity index (χ2n) is 8.27. The first kappa shape index (κ1) is 27.3. The molecule has 0 aliphatic rings. The summed E-state index contributed by atoms with van der Waals surface area (Å²) in [6.45, 7) is 1.78. The molecule has 2 aromatic carbocycles. The number of anilines is 1. The topological polar surface area (TPSA) is 110 Å². The zero-order chi connectivity index (χ0) is 27.2. The number of alkyl halides is 3. The number of aromatic nitrogens is 1.